The number of aromatic nitrogens is 2. The minimum Gasteiger partial charge on any atom is -0.481 e. The quantitative estimate of drug-likeness (QED) is 0.839. The average Bonchev–Trinajstić information content (AvgIpc) is 2.48. The first kappa shape index (κ1) is 16.0. The lowest BCUT2D eigenvalue weighted by Gasteiger charge is -2.09. The average molecular weight is 348 g/mol. The SMILES string of the molecule is COc1ncccc1CNS(=O)(=O)c1cnc(Cl)c(Cl)c1. The molecule has 112 valence electrons. The maximum Gasteiger partial charge on any atom is 0.242 e. The van der Waals surface area contributed by atoms with Crippen LogP contribution in [0.15, 0.2) is 35.5 Å². The lowest BCUT2D eigenvalue weighted by molar-refractivity contribution is 0.392. The zero-order chi connectivity index (χ0) is 15.5. The molecule has 2 aromatic rings. The van der Waals surface area contributed by atoms with E-state index in [0.717, 1.165) is 6.20 Å². The summed E-state index contributed by atoms with van der Waals surface area (Å²) in [7, 11) is -2.30. The summed E-state index contributed by atoms with van der Waals surface area (Å²) in [6.07, 6.45) is 2.69. The van der Waals surface area contributed by atoms with Crippen LogP contribution < -0.4 is 9.46 Å². The Kier molecular flexibility index (Phi) is 5.00. The molecular weight excluding hydrogens is 337 g/mol. The van der Waals surface area contributed by atoms with Crippen molar-refractivity contribution >= 4 is 33.2 Å². The van der Waals surface area contributed by atoms with Crippen molar-refractivity contribution in [1.29, 1.82) is 0 Å². The van der Waals surface area contributed by atoms with Crippen molar-refractivity contribution in [1.82, 2.24) is 14.7 Å². The van der Waals surface area contributed by atoms with Crippen molar-refractivity contribution in [2.75, 3.05) is 7.11 Å². The maximum atomic E-state index is 12.2. The van der Waals surface area contributed by atoms with Crippen LogP contribution in [0.3, 0.4) is 0 Å². The van der Waals surface area contributed by atoms with Crippen LogP contribution in [0.5, 0.6) is 5.88 Å². The summed E-state index contributed by atoms with van der Waals surface area (Å²) in [5.41, 5.74) is 0.608. The van der Waals surface area contributed by atoms with Gasteiger partial charge in [-0.2, -0.15) is 0 Å². The van der Waals surface area contributed by atoms with Crippen molar-refractivity contribution in [3.05, 3.63) is 46.3 Å². The molecule has 0 unspecified atom stereocenters. The Balaban J connectivity index is 2.20. The molecule has 0 saturated carbocycles. The standard InChI is InChI=1S/C12H11Cl2N3O3S/c1-20-12-8(3-2-4-15-12)6-17-21(18,19)9-5-10(13)11(14)16-7-9/h2-5,7,17H,6H2,1H3. The third kappa shape index (κ3) is 3.82. The lowest BCUT2D eigenvalue weighted by atomic mass is 10.3. The van der Waals surface area contributed by atoms with E-state index in [1.54, 1.807) is 18.3 Å². The van der Waals surface area contributed by atoms with Gasteiger partial charge in [-0.25, -0.2) is 23.1 Å². The van der Waals surface area contributed by atoms with Crippen LogP contribution in [-0.4, -0.2) is 25.5 Å². The molecule has 0 saturated heterocycles. The number of hydrogen-bond acceptors (Lipinski definition) is 5. The van der Waals surface area contributed by atoms with E-state index < -0.39 is 10.0 Å². The van der Waals surface area contributed by atoms with Crippen LogP contribution in [0.1, 0.15) is 5.56 Å². The van der Waals surface area contributed by atoms with E-state index in [-0.39, 0.29) is 21.6 Å². The van der Waals surface area contributed by atoms with Crippen molar-refractivity contribution in [2.24, 2.45) is 0 Å². The number of halogens is 2. The summed E-state index contributed by atoms with van der Waals surface area (Å²) in [4.78, 5) is 7.63. The Hall–Kier alpha value is -1.41. The first-order valence-electron chi connectivity index (χ1n) is 5.72. The third-order valence-corrected chi connectivity index (χ3v) is 4.63. The maximum absolute atomic E-state index is 12.2. The molecule has 0 bridgehead atoms. The first-order chi connectivity index (χ1) is 9.94. The van der Waals surface area contributed by atoms with E-state index in [9.17, 15) is 8.42 Å². The van der Waals surface area contributed by atoms with E-state index in [1.807, 2.05) is 0 Å². The van der Waals surface area contributed by atoms with Gasteiger partial charge in [0, 0.05) is 24.5 Å². The second kappa shape index (κ2) is 6.57. The predicted octanol–water partition coefficient (Wildman–Crippen LogP) is 2.27. The van der Waals surface area contributed by atoms with Crippen molar-refractivity contribution in [3.63, 3.8) is 0 Å². The highest BCUT2D eigenvalue weighted by Crippen LogP contribution is 2.22. The van der Waals surface area contributed by atoms with Crippen LogP contribution in [0.25, 0.3) is 0 Å². The van der Waals surface area contributed by atoms with Crippen LogP contribution in [0.2, 0.25) is 10.2 Å². The molecule has 21 heavy (non-hydrogen) atoms. The van der Waals surface area contributed by atoms with Crippen molar-refractivity contribution < 1.29 is 13.2 Å². The van der Waals surface area contributed by atoms with Gasteiger partial charge >= 0.3 is 0 Å². The van der Waals surface area contributed by atoms with Gasteiger partial charge in [-0.3, -0.25) is 0 Å². The van der Waals surface area contributed by atoms with E-state index in [1.165, 1.54) is 13.2 Å². The van der Waals surface area contributed by atoms with E-state index in [0.29, 0.717) is 11.4 Å². The Morgan fingerprint density at radius 3 is 2.76 bits per heavy atom. The summed E-state index contributed by atoms with van der Waals surface area (Å²) in [5, 5.41) is 0.114. The summed E-state index contributed by atoms with van der Waals surface area (Å²) in [5.74, 6) is 0.354. The Labute approximate surface area is 132 Å². The molecule has 0 aromatic carbocycles. The van der Waals surface area contributed by atoms with Gasteiger partial charge in [-0.1, -0.05) is 29.3 Å². The summed E-state index contributed by atoms with van der Waals surface area (Å²) in [6, 6.07) is 4.63. The Morgan fingerprint density at radius 2 is 2.10 bits per heavy atom. The number of rotatable bonds is 5. The molecule has 0 fully saturated rings. The van der Waals surface area contributed by atoms with Crippen LogP contribution in [0, 0.1) is 0 Å². The molecule has 9 heteroatoms. The van der Waals surface area contributed by atoms with Gasteiger partial charge in [0.1, 0.15) is 10.0 Å². The summed E-state index contributed by atoms with van der Waals surface area (Å²) >= 11 is 11.4. The van der Waals surface area contributed by atoms with E-state index in [4.69, 9.17) is 27.9 Å². The second-order valence-corrected chi connectivity index (χ2v) is 6.47. The molecule has 0 aliphatic rings. The fourth-order valence-corrected chi connectivity index (χ4v) is 2.86. The molecule has 2 heterocycles. The van der Waals surface area contributed by atoms with Crippen molar-refractivity contribution in [2.45, 2.75) is 11.4 Å². The number of pyridine rings is 2. The fourth-order valence-electron chi connectivity index (χ4n) is 1.55. The van der Waals surface area contributed by atoms with Gasteiger partial charge in [0.25, 0.3) is 0 Å². The molecule has 0 amide bonds. The van der Waals surface area contributed by atoms with E-state index in [2.05, 4.69) is 14.7 Å². The minimum absolute atomic E-state index is 0.0274. The topological polar surface area (TPSA) is 81.2 Å². The largest absolute Gasteiger partial charge is 0.481 e. The van der Waals surface area contributed by atoms with Gasteiger partial charge < -0.3 is 4.74 Å². The molecule has 0 spiro atoms. The highest BCUT2D eigenvalue weighted by atomic mass is 35.5. The van der Waals surface area contributed by atoms with Gasteiger partial charge in [-0.15, -0.1) is 0 Å². The van der Waals surface area contributed by atoms with Gasteiger partial charge in [-0.05, 0) is 12.1 Å². The first-order valence-corrected chi connectivity index (χ1v) is 7.96. The lowest BCUT2D eigenvalue weighted by Crippen LogP contribution is -2.23. The molecule has 0 aliphatic heterocycles. The zero-order valence-corrected chi connectivity index (χ0v) is 13.2. The molecule has 0 radical (unpaired) electrons. The van der Waals surface area contributed by atoms with E-state index >= 15 is 0 Å². The number of hydrogen-bond donors (Lipinski definition) is 1. The highest BCUT2D eigenvalue weighted by Gasteiger charge is 2.17. The van der Waals surface area contributed by atoms with Crippen molar-refractivity contribution in [3.8, 4) is 5.88 Å². The molecular formula is C12H11Cl2N3O3S. The normalized spacial score (nSPS) is 11.4. The minimum atomic E-state index is -3.76. The van der Waals surface area contributed by atoms with Crippen LogP contribution in [-0.2, 0) is 16.6 Å². The number of nitrogens with zero attached hydrogens (tertiary/aromatic N) is 2. The highest BCUT2D eigenvalue weighted by molar-refractivity contribution is 7.89. The fraction of sp³-hybridized carbons (Fsp3) is 0.167. The second-order valence-electron chi connectivity index (χ2n) is 3.94. The molecule has 1 N–H and O–H groups in total. The van der Waals surface area contributed by atoms with Gasteiger partial charge in [0.05, 0.1) is 12.1 Å². The Morgan fingerprint density at radius 1 is 1.33 bits per heavy atom. The van der Waals surface area contributed by atoms with Gasteiger partial charge in [0.2, 0.25) is 15.9 Å². The third-order valence-electron chi connectivity index (χ3n) is 2.58. The molecule has 2 aromatic heterocycles. The Bertz CT molecular complexity index is 753. The van der Waals surface area contributed by atoms with Gasteiger partial charge in [0.15, 0.2) is 0 Å². The number of nitrogens with one attached hydrogen (secondary N) is 1. The molecule has 0 atom stereocenters. The van der Waals surface area contributed by atoms with Crippen LogP contribution in [0.4, 0.5) is 0 Å². The molecule has 6 nitrogen and oxygen atoms in total. The molecule has 0 aliphatic carbocycles. The predicted molar refractivity (Wildman–Crippen MR) is 79.1 cm³/mol. The molecule has 2 rings (SSSR count). The zero-order valence-electron chi connectivity index (χ0n) is 10.9. The summed E-state index contributed by atoms with van der Waals surface area (Å²) in [6.45, 7) is 0.0274. The van der Waals surface area contributed by atoms with Crippen LogP contribution >= 0.6 is 23.2 Å². The summed E-state index contributed by atoms with van der Waals surface area (Å²) < 4.78 is 31.8. The smallest absolute Gasteiger partial charge is 0.242 e. The number of ether oxygens (including phenoxy) is 1. The number of methoxy groups -OCH3 is 1. The number of sulfonamides is 1. The monoisotopic (exact) mass is 347 g/mol.